The Bertz CT molecular complexity index is 780. The first-order valence-electron chi connectivity index (χ1n) is 7.55. The van der Waals surface area contributed by atoms with Crippen LogP contribution in [0.2, 0.25) is 0 Å². The van der Waals surface area contributed by atoms with Gasteiger partial charge in [-0.15, -0.1) is 0 Å². The van der Waals surface area contributed by atoms with Gasteiger partial charge in [0.05, 0.1) is 11.6 Å². The van der Waals surface area contributed by atoms with Crippen molar-refractivity contribution >= 4 is 23.2 Å². The minimum atomic E-state index is -0.812. The lowest BCUT2D eigenvalue weighted by Gasteiger charge is -2.21. The number of carbonyl (C=O) groups excluding carboxylic acids is 2. The maximum absolute atomic E-state index is 13.9. The maximum Gasteiger partial charge on any atom is 0.232 e. The van der Waals surface area contributed by atoms with E-state index in [9.17, 15) is 18.4 Å². The molecule has 4 nitrogen and oxygen atoms in total. The van der Waals surface area contributed by atoms with Crippen LogP contribution in [0.25, 0.3) is 0 Å². The Hall–Kier alpha value is -2.76. The lowest BCUT2D eigenvalue weighted by atomic mass is 10.1. The molecule has 1 atom stereocenters. The van der Waals surface area contributed by atoms with Gasteiger partial charge in [-0.25, -0.2) is 8.78 Å². The van der Waals surface area contributed by atoms with Gasteiger partial charge in [-0.1, -0.05) is 18.2 Å². The van der Waals surface area contributed by atoms with E-state index in [-0.39, 0.29) is 30.5 Å². The molecular formula is C18H16F2N2O2. The fourth-order valence-electron chi connectivity index (χ4n) is 2.86. The molecule has 0 radical (unpaired) electrons. The highest BCUT2D eigenvalue weighted by molar-refractivity contribution is 6.04. The number of amides is 2. The molecule has 124 valence electrons. The summed E-state index contributed by atoms with van der Waals surface area (Å²) in [6, 6.07) is 12.1. The number of hydrogen-bond donors (Lipinski definition) is 0. The SMILES string of the molecule is CN(C(=O)C1CC(=O)N(c2ccc(F)cc2F)C1)c1ccccc1. The summed E-state index contributed by atoms with van der Waals surface area (Å²) in [4.78, 5) is 27.5. The van der Waals surface area contributed by atoms with Crippen molar-refractivity contribution in [3.63, 3.8) is 0 Å². The molecule has 1 aliphatic rings. The summed E-state index contributed by atoms with van der Waals surface area (Å²) in [5, 5.41) is 0. The number of halogens is 2. The molecule has 1 fully saturated rings. The topological polar surface area (TPSA) is 40.6 Å². The number of nitrogens with zero attached hydrogens (tertiary/aromatic N) is 2. The van der Waals surface area contributed by atoms with E-state index in [1.165, 1.54) is 15.9 Å². The van der Waals surface area contributed by atoms with Crippen LogP contribution in [0.15, 0.2) is 48.5 Å². The van der Waals surface area contributed by atoms with Crippen molar-refractivity contribution in [3.05, 3.63) is 60.2 Å². The smallest absolute Gasteiger partial charge is 0.232 e. The monoisotopic (exact) mass is 330 g/mol. The van der Waals surface area contributed by atoms with Crippen LogP contribution in [0.1, 0.15) is 6.42 Å². The summed E-state index contributed by atoms with van der Waals surface area (Å²) in [7, 11) is 1.64. The molecule has 1 saturated heterocycles. The van der Waals surface area contributed by atoms with Crippen LogP contribution < -0.4 is 9.80 Å². The number of anilines is 2. The Morgan fingerprint density at radius 3 is 2.54 bits per heavy atom. The van der Waals surface area contributed by atoms with Gasteiger partial charge in [0.2, 0.25) is 11.8 Å². The van der Waals surface area contributed by atoms with Gasteiger partial charge in [0.1, 0.15) is 11.6 Å². The van der Waals surface area contributed by atoms with Crippen molar-refractivity contribution in [2.75, 3.05) is 23.4 Å². The third kappa shape index (κ3) is 2.99. The predicted octanol–water partition coefficient (Wildman–Crippen LogP) is 2.98. The summed E-state index contributed by atoms with van der Waals surface area (Å²) < 4.78 is 26.9. The van der Waals surface area contributed by atoms with E-state index in [1.807, 2.05) is 18.2 Å². The molecule has 0 saturated carbocycles. The minimum absolute atomic E-state index is 0.000867. The Kier molecular flexibility index (Phi) is 4.29. The zero-order valence-electron chi connectivity index (χ0n) is 13.1. The highest BCUT2D eigenvalue weighted by Crippen LogP contribution is 2.29. The zero-order valence-corrected chi connectivity index (χ0v) is 13.1. The van der Waals surface area contributed by atoms with Crippen molar-refractivity contribution in [3.8, 4) is 0 Å². The average Bonchev–Trinajstić information content (AvgIpc) is 2.96. The van der Waals surface area contributed by atoms with E-state index < -0.39 is 17.6 Å². The van der Waals surface area contributed by atoms with Gasteiger partial charge in [-0.2, -0.15) is 0 Å². The van der Waals surface area contributed by atoms with Gasteiger partial charge < -0.3 is 9.80 Å². The van der Waals surface area contributed by atoms with Gasteiger partial charge in [0, 0.05) is 31.8 Å². The molecule has 24 heavy (non-hydrogen) atoms. The highest BCUT2D eigenvalue weighted by Gasteiger charge is 2.37. The van der Waals surface area contributed by atoms with Crippen molar-refractivity contribution in [1.29, 1.82) is 0 Å². The second kappa shape index (κ2) is 6.39. The molecular weight excluding hydrogens is 314 g/mol. The second-order valence-electron chi connectivity index (χ2n) is 5.73. The van der Waals surface area contributed by atoms with Crippen LogP contribution in [0.4, 0.5) is 20.2 Å². The zero-order chi connectivity index (χ0) is 17.3. The average molecular weight is 330 g/mol. The number of carbonyl (C=O) groups is 2. The second-order valence-corrected chi connectivity index (χ2v) is 5.73. The summed E-state index contributed by atoms with van der Waals surface area (Å²) in [6.07, 6.45) is 0.00677. The van der Waals surface area contributed by atoms with Gasteiger partial charge in [0.15, 0.2) is 0 Å². The van der Waals surface area contributed by atoms with Crippen LogP contribution >= 0.6 is 0 Å². The molecule has 1 unspecified atom stereocenters. The van der Waals surface area contributed by atoms with Crippen LogP contribution in [-0.4, -0.2) is 25.4 Å². The lowest BCUT2D eigenvalue weighted by Crippen LogP contribution is -2.34. The molecule has 0 bridgehead atoms. The number of benzene rings is 2. The van der Waals surface area contributed by atoms with Crippen molar-refractivity contribution < 1.29 is 18.4 Å². The third-order valence-corrected chi connectivity index (χ3v) is 4.15. The molecule has 0 aliphatic carbocycles. The molecule has 1 aliphatic heterocycles. The fourth-order valence-corrected chi connectivity index (χ4v) is 2.86. The quantitative estimate of drug-likeness (QED) is 0.868. The summed E-state index contributed by atoms with van der Waals surface area (Å²) in [5.74, 6) is -2.64. The third-order valence-electron chi connectivity index (χ3n) is 4.15. The number of rotatable bonds is 3. The first kappa shape index (κ1) is 16.1. The Balaban J connectivity index is 1.78. The van der Waals surface area contributed by atoms with E-state index in [0.29, 0.717) is 0 Å². The normalized spacial score (nSPS) is 17.2. The van der Waals surface area contributed by atoms with Crippen LogP contribution in [0.3, 0.4) is 0 Å². The molecule has 6 heteroatoms. The van der Waals surface area contributed by atoms with Crippen molar-refractivity contribution in [2.45, 2.75) is 6.42 Å². The standard InChI is InChI=1S/C18H16F2N2O2/c1-21(14-5-3-2-4-6-14)18(24)12-9-17(23)22(11-12)16-8-7-13(19)10-15(16)20/h2-8,10,12H,9,11H2,1H3. The largest absolute Gasteiger partial charge is 0.315 e. The van der Waals surface area contributed by atoms with E-state index in [1.54, 1.807) is 19.2 Å². The van der Waals surface area contributed by atoms with E-state index in [0.717, 1.165) is 17.8 Å². The first-order valence-corrected chi connectivity index (χ1v) is 7.55. The Morgan fingerprint density at radius 2 is 1.88 bits per heavy atom. The molecule has 3 rings (SSSR count). The molecule has 2 aromatic carbocycles. The minimum Gasteiger partial charge on any atom is -0.315 e. The Morgan fingerprint density at radius 1 is 1.17 bits per heavy atom. The number of hydrogen-bond acceptors (Lipinski definition) is 2. The van der Waals surface area contributed by atoms with Gasteiger partial charge >= 0.3 is 0 Å². The molecule has 2 amide bonds. The predicted molar refractivity (Wildman–Crippen MR) is 86.7 cm³/mol. The Labute approximate surface area is 138 Å². The van der Waals surface area contributed by atoms with E-state index >= 15 is 0 Å². The van der Waals surface area contributed by atoms with Crippen LogP contribution in [0.5, 0.6) is 0 Å². The maximum atomic E-state index is 13.9. The molecule has 0 N–H and O–H groups in total. The van der Waals surface area contributed by atoms with Crippen LogP contribution in [0, 0.1) is 17.6 Å². The summed E-state index contributed by atoms with van der Waals surface area (Å²) in [5.41, 5.74) is 0.723. The number of para-hydroxylation sites is 1. The molecule has 2 aromatic rings. The highest BCUT2D eigenvalue weighted by atomic mass is 19.1. The van der Waals surface area contributed by atoms with Gasteiger partial charge in [-0.3, -0.25) is 9.59 Å². The van der Waals surface area contributed by atoms with E-state index in [4.69, 9.17) is 0 Å². The van der Waals surface area contributed by atoms with E-state index in [2.05, 4.69) is 0 Å². The summed E-state index contributed by atoms with van der Waals surface area (Å²) >= 11 is 0. The van der Waals surface area contributed by atoms with Crippen LogP contribution in [-0.2, 0) is 9.59 Å². The molecule has 0 spiro atoms. The fraction of sp³-hybridized carbons (Fsp3) is 0.222. The summed E-state index contributed by atoms with van der Waals surface area (Å²) in [6.45, 7) is 0.0807. The molecule has 0 aromatic heterocycles. The molecule has 1 heterocycles. The van der Waals surface area contributed by atoms with Crippen molar-refractivity contribution in [2.24, 2.45) is 5.92 Å². The van der Waals surface area contributed by atoms with Gasteiger partial charge in [0.25, 0.3) is 0 Å². The van der Waals surface area contributed by atoms with Gasteiger partial charge in [-0.05, 0) is 24.3 Å². The first-order chi connectivity index (χ1) is 11.5. The lowest BCUT2D eigenvalue weighted by molar-refractivity contribution is -0.124. The van der Waals surface area contributed by atoms with Crippen molar-refractivity contribution in [1.82, 2.24) is 0 Å².